The smallest absolute Gasteiger partial charge is 0.471 e. The molecule has 1 unspecified atom stereocenters. The quantitative estimate of drug-likeness (QED) is 0.189. The Kier molecular flexibility index (Phi) is 10.8. The van der Waals surface area contributed by atoms with Gasteiger partial charge in [-0.2, -0.15) is 13.2 Å². The zero-order valence-electron chi connectivity index (χ0n) is 23.6. The van der Waals surface area contributed by atoms with E-state index < -0.39 is 53.8 Å². The summed E-state index contributed by atoms with van der Waals surface area (Å²) < 4.78 is 49.9. The van der Waals surface area contributed by atoms with Gasteiger partial charge in [-0.15, -0.1) is 11.8 Å². The van der Waals surface area contributed by atoms with Crippen LogP contribution in [0.15, 0.2) is 24.3 Å². The summed E-state index contributed by atoms with van der Waals surface area (Å²) in [6, 6.07) is 4.73. The fraction of sp³-hybridized carbons (Fsp3) is 0.593. The van der Waals surface area contributed by atoms with Crippen molar-refractivity contribution in [1.82, 2.24) is 20.4 Å². The van der Waals surface area contributed by atoms with Crippen molar-refractivity contribution in [2.45, 2.75) is 68.2 Å². The van der Waals surface area contributed by atoms with Crippen molar-refractivity contribution in [3.8, 4) is 5.75 Å². The second kappa shape index (κ2) is 14.1. The van der Waals surface area contributed by atoms with Gasteiger partial charge in [0.15, 0.2) is 0 Å². The minimum Gasteiger partial charge on any atom is -0.492 e. The third-order valence-corrected chi connectivity index (χ3v) is 8.72. The molecule has 17 heteroatoms. The van der Waals surface area contributed by atoms with Crippen molar-refractivity contribution in [3.63, 3.8) is 0 Å². The number of ether oxygens (including phenoxy) is 2. The number of likely N-dealkylation sites (tertiary alicyclic amines) is 2. The molecule has 3 heterocycles. The fourth-order valence-electron chi connectivity index (χ4n) is 5.31. The summed E-state index contributed by atoms with van der Waals surface area (Å²) in [6.07, 6.45) is -10.5. The van der Waals surface area contributed by atoms with Gasteiger partial charge < -0.3 is 35.2 Å². The Bertz CT molecular complexity index is 1270. The predicted octanol–water partition coefficient (Wildman–Crippen LogP) is -0.0333. The first-order valence-electron chi connectivity index (χ1n) is 13.8. The lowest BCUT2D eigenvalue weighted by atomic mass is 9.93. The number of nitrogens with zero attached hydrogens (tertiary/aromatic N) is 2. The summed E-state index contributed by atoms with van der Waals surface area (Å²) >= 11 is 1.15. The highest BCUT2D eigenvalue weighted by atomic mass is 32.2. The van der Waals surface area contributed by atoms with E-state index in [1.807, 2.05) is 0 Å². The highest BCUT2D eigenvalue weighted by molar-refractivity contribution is 8.01. The average Bonchev–Trinajstić information content (AvgIpc) is 3.50. The van der Waals surface area contributed by atoms with Crippen LogP contribution in [0.1, 0.15) is 25.3 Å². The molecule has 0 radical (unpaired) electrons. The molecule has 4 N–H and O–H groups in total. The maximum absolute atomic E-state index is 12.9. The van der Waals surface area contributed by atoms with Crippen LogP contribution in [-0.4, -0.2) is 123 Å². The number of benzene rings is 1. The summed E-state index contributed by atoms with van der Waals surface area (Å²) in [4.78, 5) is 61.7. The minimum absolute atomic E-state index is 0.0306. The molecule has 3 saturated heterocycles. The normalized spacial score (nSPS) is 26.9. The van der Waals surface area contributed by atoms with Gasteiger partial charge in [0.05, 0.1) is 36.2 Å². The lowest BCUT2D eigenvalue weighted by Gasteiger charge is -2.42. The molecule has 242 valence electrons. The predicted molar refractivity (Wildman–Crippen MR) is 147 cm³/mol. The summed E-state index contributed by atoms with van der Waals surface area (Å²) in [7, 11) is 0. The molecule has 5 amide bonds. The van der Waals surface area contributed by atoms with Gasteiger partial charge >= 0.3 is 18.1 Å². The first kappa shape index (κ1) is 33.5. The van der Waals surface area contributed by atoms with E-state index >= 15 is 0 Å². The number of ketones is 1. The van der Waals surface area contributed by atoms with Crippen LogP contribution < -0.4 is 15.4 Å². The van der Waals surface area contributed by atoms with Gasteiger partial charge in [0.2, 0.25) is 11.8 Å². The topological polar surface area (TPSA) is 175 Å². The van der Waals surface area contributed by atoms with Crippen molar-refractivity contribution >= 4 is 41.3 Å². The van der Waals surface area contributed by atoms with E-state index in [2.05, 4.69) is 10.6 Å². The standard InChI is InChI=1S/C27H33F3N4O9S/c1-14(35)13-44-19-10-20(36)34(24(19)39)12-15-3-2-4-16(9-15)42-8-6-31-26(41)32-11-18-22(37)23(38)21-17(43-18)5-7-33(21)25(40)27(28,29)30/h2-4,9,17-19,21-23,37-38H,5-8,10-13H2,1H3,(H2,31,32,41)/t17-,18+,19?,21+,22-,23+/m0/s1. The Balaban J connectivity index is 1.18. The fourth-order valence-corrected chi connectivity index (χ4v) is 6.27. The van der Waals surface area contributed by atoms with E-state index in [4.69, 9.17) is 9.47 Å². The second-order valence-electron chi connectivity index (χ2n) is 10.6. The van der Waals surface area contributed by atoms with Gasteiger partial charge in [0, 0.05) is 19.5 Å². The second-order valence-corrected chi connectivity index (χ2v) is 11.8. The first-order chi connectivity index (χ1) is 20.8. The van der Waals surface area contributed by atoms with E-state index in [0.717, 1.165) is 16.7 Å². The Hall–Kier alpha value is -3.41. The average molecular weight is 647 g/mol. The summed E-state index contributed by atoms with van der Waals surface area (Å²) in [6.45, 7) is 1.03. The molecular formula is C27H33F3N4O9S. The third kappa shape index (κ3) is 7.99. The molecule has 1 aromatic carbocycles. The molecule has 0 bridgehead atoms. The van der Waals surface area contributed by atoms with Crippen molar-refractivity contribution in [2.75, 3.05) is 32.0 Å². The number of imide groups is 1. The van der Waals surface area contributed by atoms with Crippen LogP contribution in [0.25, 0.3) is 0 Å². The molecule has 0 spiro atoms. The summed E-state index contributed by atoms with van der Waals surface area (Å²) in [5.41, 5.74) is 0.649. The van der Waals surface area contributed by atoms with E-state index in [0.29, 0.717) is 16.2 Å². The molecule has 3 fully saturated rings. The molecule has 0 aromatic heterocycles. The van der Waals surface area contributed by atoms with Crippen LogP contribution in [0, 0.1) is 0 Å². The molecule has 0 aliphatic carbocycles. The lowest BCUT2D eigenvalue weighted by molar-refractivity contribution is -0.207. The molecule has 13 nitrogen and oxygen atoms in total. The monoisotopic (exact) mass is 646 g/mol. The summed E-state index contributed by atoms with van der Waals surface area (Å²) in [5.74, 6) is -2.26. The van der Waals surface area contributed by atoms with Gasteiger partial charge in [-0.1, -0.05) is 12.1 Å². The first-order valence-corrected chi connectivity index (χ1v) is 14.9. The van der Waals surface area contributed by atoms with Gasteiger partial charge in [-0.05, 0) is 31.0 Å². The van der Waals surface area contributed by atoms with Gasteiger partial charge in [-0.3, -0.25) is 24.1 Å². The third-order valence-electron chi connectivity index (χ3n) is 7.38. The lowest BCUT2D eigenvalue weighted by Crippen LogP contribution is -2.63. The highest BCUT2D eigenvalue weighted by Crippen LogP contribution is 2.34. The van der Waals surface area contributed by atoms with E-state index in [1.54, 1.807) is 24.3 Å². The number of aliphatic hydroxyl groups excluding tert-OH is 2. The number of fused-ring (bicyclic) bond motifs is 1. The van der Waals surface area contributed by atoms with Crippen LogP contribution in [0.3, 0.4) is 0 Å². The van der Waals surface area contributed by atoms with E-state index in [9.17, 15) is 47.4 Å². The number of halogens is 3. The molecule has 3 aliphatic heterocycles. The van der Waals surface area contributed by atoms with Crippen molar-refractivity contribution < 1.29 is 56.8 Å². The maximum atomic E-state index is 12.9. The zero-order valence-corrected chi connectivity index (χ0v) is 24.4. The van der Waals surface area contributed by atoms with Gasteiger partial charge in [0.25, 0.3) is 0 Å². The molecule has 6 atom stereocenters. The number of carbonyl (C=O) groups is 5. The van der Waals surface area contributed by atoms with Crippen LogP contribution >= 0.6 is 11.8 Å². The highest BCUT2D eigenvalue weighted by Gasteiger charge is 2.55. The van der Waals surface area contributed by atoms with Crippen molar-refractivity contribution in [3.05, 3.63) is 29.8 Å². The number of thioether (sulfide) groups is 1. The SMILES string of the molecule is CC(=O)CSC1CC(=O)N(Cc2cccc(OCCNC(=O)NC[C@H]3O[C@H]4CCN(C(=O)C(F)(F)F)[C@H]4[C@@H](O)[C@H]3O)c2)C1=O. The number of nitrogens with one attached hydrogen (secondary N) is 2. The van der Waals surface area contributed by atoms with Crippen molar-refractivity contribution in [2.24, 2.45) is 0 Å². The van der Waals surface area contributed by atoms with E-state index in [-0.39, 0.29) is 69.0 Å². The van der Waals surface area contributed by atoms with Gasteiger partial charge in [0.1, 0.15) is 36.5 Å². The minimum atomic E-state index is -5.13. The number of Topliss-reactive ketones (excluding diaryl/α,β-unsaturated/α-hetero) is 1. The molecule has 3 aliphatic rings. The van der Waals surface area contributed by atoms with Crippen LogP contribution in [0.2, 0.25) is 0 Å². The van der Waals surface area contributed by atoms with Crippen LogP contribution in [-0.2, 0) is 30.5 Å². The Morgan fingerprint density at radius 1 is 1.16 bits per heavy atom. The largest absolute Gasteiger partial charge is 0.492 e. The van der Waals surface area contributed by atoms with Crippen molar-refractivity contribution in [1.29, 1.82) is 0 Å². The Morgan fingerprint density at radius 3 is 2.61 bits per heavy atom. The molecular weight excluding hydrogens is 613 g/mol. The van der Waals surface area contributed by atoms with Crippen LogP contribution in [0.5, 0.6) is 5.75 Å². The van der Waals surface area contributed by atoms with E-state index in [1.165, 1.54) is 6.92 Å². The number of hydrogen-bond donors (Lipinski definition) is 4. The Labute approximate surface area is 254 Å². The molecule has 1 aromatic rings. The molecule has 44 heavy (non-hydrogen) atoms. The molecule has 4 rings (SSSR count). The number of urea groups is 1. The Morgan fingerprint density at radius 2 is 1.91 bits per heavy atom. The number of aliphatic hydroxyl groups is 2. The maximum Gasteiger partial charge on any atom is 0.471 e. The number of rotatable bonds is 11. The molecule has 0 saturated carbocycles. The van der Waals surface area contributed by atoms with Crippen LogP contribution in [0.4, 0.5) is 18.0 Å². The zero-order chi connectivity index (χ0) is 32.2. The summed E-state index contributed by atoms with van der Waals surface area (Å²) in [5, 5.41) is 25.3. The number of hydrogen-bond acceptors (Lipinski definition) is 10. The number of alkyl halides is 3. The van der Waals surface area contributed by atoms with Gasteiger partial charge in [-0.25, -0.2) is 4.79 Å². The number of amides is 5. The number of carbonyl (C=O) groups excluding carboxylic acids is 5.